The first-order valence-corrected chi connectivity index (χ1v) is 13.7. The minimum absolute atomic E-state index is 0.173. The molecule has 1 aliphatic rings. The van der Waals surface area contributed by atoms with E-state index >= 15 is 0 Å². The van der Waals surface area contributed by atoms with E-state index in [-0.39, 0.29) is 5.60 Å². The van der Waals surface area contributed by atoms with E-state index in [0.717, 1.165) is 24.6 Å². The first kappa shape index (κ1) is 33.9. The van der Waals surface area contributed by atoms with Crippen molar-refractivity contribution in [3.05, 3.63) is 58.6 Å². The van der Waals surface area contributed by atoms with Crippen molar-refractivity contribution in [2.24, 2.45) is 0 Å². The second-order valence-electron chi connectivity index (χ2n) is 10.2. The largest absolute Gasteiger partial charge is 0.399 e. The minimum atomic E-state index is -0.173. The molecule has 0 bridgehead atoms. The number of nitrogens with one attached hydrogen (secondary N) is 2. The highest BCUT2D eigenvalue weighted by atomic mass is 35.5. The predicted octanol–water partition coefficient (Wildman–Crippen LogP) is 5.20. The fourth-order valence-electron chi connectivity index (χ4n) is 3.87. The molecule has 39 heavy (non-hydrogen) atoms. The maximum absolute atomic E-state index is 10.7. The number of halogens is 1. The third-order valence-corrected chi connectivity index (χ3v) is 6.34. The maximum atomic E-state index is 10.7. The van der Waals surface area contributed by atoms with E-state index in [4.69, 9.17) is 27.3 Å². The number of nitrogen functional groups attached to an aromatic ring is 1. The molecular weight excluding hydrogens is 514 g/mol. The van der Waals surface area contributed by atoms with Crippen LogP contribution in [0.1, 0.15) is 68.8 Å². The molecule has 0 heterocycles. The van der Waals surface area contributed by atoms with Gasteiger partial charge in [-0.1, -0.05) is 30.9 Å². The van der Waals surface area contributed by atoms with E-state index in [2.05, 4.69) is 22.6 Å². The first-order chi connectivity index (χ1) is 18.6. The Bertz CT molecular complexity index is 1010. The molecule has 0 saturated heterocycles. The summed E-state index contributed by atoms with van der Waals surface area (Å²) in [7, 11) is 2.07. The normalized spacial score (nSPS) is 13.0. The number of benzene rings is 2. The molecule has 2 aromatic carbocycles. The molecular formula is C30H44ClN5O3. The van der Waals surface area contributed by atoms with Crippen molar-refractivity contribution in [3.8, 4) is 6.07 Å². The third kappa shape index (κ3) is 15.2. The van der Waals surface area contributed by atoms with Crippen LogP contribution in [0.15, 0.2) is 42.5 Å². The molecule has 3 rings (SSSR count). The number of ether oxygens (including phenoxy) is 1. The molecule has 0 spiro atoms. The van der Waals surface area contributed by atoms with E-state index in [1.807, 2.05) is 39.0 Å². The van der Waals surface area contributed by atoms with E-state index in [0.29, 0.717) is 47.9 Å². The summed E-state index contributed by atoms with van der Waals surface area (Å²) in [6.07, 6.45) is 8.65. The number of hydrogen-bond acceptors (Lipinski definition) is 7. The molecule has 9 heteroatoms. The standard InChI is InChI=1S/C16H24N2O3.C7H5ClN2.C7H15N/c1-16(2,3)21-11-10-18(9-8-17-13-20)15-6-4-14(12-19)5-7-15;8-7-3-6(10)2-1-5(7)4-9;1-8-7-5-3-2-4-6-7/h4-7,12-13H,8-11H2,1-3H3,(H,17,20);1-3H,10H2;7-8H,2-6H2,1H3. The SMILES string of the molecule is CC(C)(C)OCCN(CCNC=O)c1ccc(C=O)cc1.CNC1CCCCC1.N#Cc1ccc(N)cc1Cl. The number of anilines is 2. The molecule has 1 aliphatic carbocycles. The topological polar surface area (TPSA) is 120 Å². The Morgan fingerprint density at radius 3 is 2.26 bits per heavy atom. The molecule has 8 nitrogen and oxygen atoms in total. The van der Waals surface area contributed by atoms with Crippen LogP contribution in [-0.4, -0.2) is 57.6 Å². The second kappa shape index (κ2) is 19.0. The van der Waals surface area contributed by atoms with Crippen molar-refractivity contribution in [2.75, 3.05) is 43.9 Å². The Labute approximate surface area is 238 Å². The average molecular weight is 558 g/mol. The number of hydrogen-bond donors (Lipinski definition) is 3. The number of rotatable bonds is 10. The van der Waals surface area contributed by atoms with Crippen LogP contribution in [0.2, 0.25) is 5.02 Å². The van der Waals surface area contributed by atoms with Gasteiger partial charge in [-0.3, -0.25) is 9.59 Å². The zero-order chi connectivity index (χ0) is 29.1. The summed E-state index contributed by atoms with van der Waals surface area (Å²) in [6.45, 7) is 8.62. The number of amides is 1. The van der Waals surface area contributed by atoms with Gasteiger partial charge in [0.25, 0.3) is 0 Å². The van der Waals surface area contributed by atoms with Crippen LogP contribution in [0.4, 0.5) is 11.4 Å². The Kier molecular flexibility index (Phi) is 16.5. The molecule has 1 saturated carbocycles. The van der Waals surface area contributed by atoms with Gasteiger partial charge in [-0.25, -0.2) is 0 Å². The summed E-state index contributed by atoms with van der Waals surface area (Å²) in [4.78, 5) is 23.2. The molecule has 2 aromatic rings. The molecule has 0 aliphatic heterocycles. The van der Waals surface area contributed by atoms with Crippen LogP contribution in [0.25, 0.3) is 0 Å². The Hall–Kier alpha value is -3.12. The Morgan fingerprint density at radius 2 is 1.77 bits per heavy atom. The molecule has 0 atom stereocenters. The van der Waals surface area contributed by atoms with E-state index in [1.165, 1.54) is 32.1 Å². The van der Waals surface area contributed by atoms with Gasteiger partial charge in [-0.05, 0) is 83.1 Å². The van der Waals surface area contributed by atoms with Crippen molar-refractivity contribution >= 4 is 35.7 Å². The van der Waals surface area contributed by atoms with Gasteiger partial charge in [-0.2, -0.15) is 5.26 Å². The lowest BCUT2D eigenvalue weighted by molar-refractivity contribution is -0.109. The van der Waals surface area contributed by atoms with Crippen molar-refractivity contribution in [1.29, 1.82) is 5.26 Å². The fourth-order valence-corrected chi connectivity index (χ4v) is 4.10. The Morgan fingerprint density at radius 1 is 1.10 bits per heavy atom. The van der Waals surface area contributed by atoms with Crippen LogP contribution < -0.4 is 21.3 Å². The van der Waals surface area contributed by atoms with Crippen molar-refractivity contribution in [1.82, 2.24) is 10.6 Å². The molecule has 1 amide bonds. The summed E-state index contributed by atoms with van der Waals surface area (Å²) in [5.74, 6) is 0. The van der Waals surface area contributed by atoms with E-state index in [1.54, 1.807) is 30.3 Å². The lowest BCUT2D eigenvalue weighted by atomic mass is 9.96. The molecule has 0 unspecified atom stereocenters. The summed E-state index contributed by atoms with van der Waals surface area (Å²) in [5, 5.41) is 14.8. The Balaban J connectivity index is 0.000000345. The van der Waals surface area contributed by atoms with Crippen molar-refractivity contribution in [2.45, 2.75) is 64.5 Å². The van der Waals surface area contributed by atoms with Gasteiger partial charge in [0, 0.05) is 42.6 Å². The zero-order valence-electron chi connectivity index (χ0n) is 23.7. The van der Waals surface area contributed by atoms with Gasteiger partial charge in [0.05, 0.1) is 22.8 Å². The van der Waals surface area contributed by atoms with Crippen LogP contribution >= 0.6 is 11.6 Å². The van der Waals surface area contributed by atoms with Crippen LogP contribution in [0, 0.1) is 11.3 Å². The average Bonchev–Trinajstić information content (AvgIpc) is 2.93. The van der Waals surface area contributed by atoms with Gasteiger partial charge >= 0.3 is 0 Å². The molecule has 4 N–H and O–H groups in total. The zero-order valence-corrected chi connectivity index (χ0v) is 24.5. The van der Waals surface area contributed by atoms with Gasteiger partial charge in [0.15, 0.2) is 0 Å². The third-order valence-electron chi connectivity index (χ3n) is 6.03. The fraction of sp³-hybridized carbons (Fsp3) is 0.500. The lowest BCUT2D eigenvalue weighted by Crippen LogP contribution is -2.35. The van der Waals surface area contributed by atoms with E-state index < -0.39 is 0 Å². The summed E-state index contributed by atoms with van der Waals surface area (Å²) >= 11 is 5.63. The van der Waals surface area contributed by atoms with Crippen LogP contribution in [-0.2, 0) is 9.53 Å². The quantitative estimate of drug-likeness (QED) is 0.208. The number of nitrogens with two attached hydrogens (primary N) is 1. The second-order valence-corrected chi connectivity index (χ2v) is 10.6. The summed E-state index contributed by atoms with van der Waals surface area (Å²) in [5.41, 5.74) is 7.90. The smallest absolute Gasteiger partial charge is 0.207 e. The number of nitrogens with zero attached hydrogens (tertiary/aromatic N) is 2. The van der Waals surface area contributed by atoms with Gasteiger partial charge in [0.2, 0.25) is 6.41 Å². The first-order valence-electron chi connectivity index (χ1n) is 13.4. The maximum Gasteiger partial charge on any atom is 0.207 e. The number of carbonyl (C=O) groups excluding carboxylic acids is 2. The van der Waals surface area contributed by atoms with Crippen LogP contribution in [0.3, 0.4) is 0 Å². The highest BCUT2D eigenvalue weighted by Gasteiger charge is 2.12. The number of carbonyl (C=O) groups is 2. The molecule has 0 aromatic heterocycles. The highest BCUT2D eigenvalue weighted by molar-refractivity contribution is 6.32. The monoisotopic (exact) mass is 557 g/mol. The van der Waals surface area contributed by atoms with Crippen LogP contribution in [0.5, 0.6) is 0 Å². The minimum Gasteiger partial charge on any atom is -0.399 e. The highest BCUT2D eigenvalue weighted by Crippen LogP contribution is 2.18. The summed E-state index contributed by atoms with van der Waals surface area (Å²) < 4.78 is 5.74. The molecule has 214 valence electrons. The van der Waals surface area contributed by atoms with Gasteiger partial charge in [0.1, 0.15) is 12.4 Å². The molecule has 0 radical (unpaired) electrons. The van der Waals surface area contributed by atoms with Crippen molar-refractivity contribution < 1.29 is 14.3 Å². The molecule has 1 fully saturated rings. The van der Waals surface area contributed by atoms with Gasteiger partial charge in [-0.15, -0.1) is 0 Å². The lowest BCUT2D eigenvalue weighted by Gasteiger charge is -2.27. The number of aldehydes is 1. The van der Waals surface area contributed by atoms with E-state index in [9.17, 15) is 9.59 Å². The van der Waals surface area contributed by atoms with Crippen molar-refractivity contribution in [3.63, 3.8) is 0 Å². The number of nitriles is 1. The summed E-state index contributed by atoms with van der Waals surface area (Å²) in [6, 6.07) is 14.9. The van der Waals surface area contributed by atoms with Gasteiger partial charge < -0.3 is 26.0 Å². The predicted molar refractivity (Wildman–Crippen MR) is 160 cm³/mol.